The first kappa shape index (κ1) is 13.8. The van der Waals surface area contributed by atoms with Crippen molar-refractivity contribution in [3.8, 4) is 11.3 Å². The number of amides is 1. The molecule has 0 spiro atoms. The van der Waals surface area contributed by atoms with Gasteiger partial charge < -0.3 is 9.64 Å². The maximum atomic E-state index is 12.9. The number of nitrogens with one attached hydrogen (secondary N) is 1. The van der Waals surface area contributed by atoms with E-state index >= 15 is 0 Å². The molecule has 0 saturated carbocycles. The van der Waals surface area contributed by atoms with Crippen molar-refractivity contribution in [3.05, 3.63) is 41.8 Å². The SMILES string of the molecule is C[C@@H]1CN(C(=O)c2cc(-c3ccc(F)cc3)n[nH]2)CCO1. The summed E-state index contributed by atoms with van der Waals surface area (Å²) in [4.78, 5) is 14.1. The first-order valence-electron chi connectivity index (χ1n) is 6.86. The van der Waals surface area contributed by atoms with E-state index < -0.39 is 0 Å². The molecule has 0 aliphatic carbocycles. The van der Waals surface area contributed by atoms with E-state index in [2.05, 4.69) is 10.2 Å². The van der Waals surface area contributed by atoms with Gasteiger partial charge in [-0.15, -0.1) is 0 Å². The summed E-state index contributed by atoms with van der Waals surface area (Å²) in [5.74, 6) is -0.390. The Morgan fingerprint density at radius 2 is 2.19 bits per heavy atom. The molecule has 110 valence electrons. The van der Waals surface area contributed by atoms with Gasteiger partial charge in [-0.05, 0) is 37.3 Å². The van der Waals surface area contributed by atoms with Gasteiger partial charge in [0.2, 0.25) is 0 Å². The topological polar surface area (TPSA) is 58.2 Å². The van der Waals surface area contributed by atoms with Crippen molar-refractivity contribution in [2.75, 3.05) is 19.7 Å². The number of nitrogens with zero attached hydrogens (tertiary/aromatic N) is 2. The highest BCUT2D eigenvalue weighted by atomic mass is 19.1. The first-order valence-corrected chi connectivity index (χ1v) is 6.86. The van der Waals surface area contributed by atoms with E-state index in [1.165, 1.54) is 12.1 Å². The lowest BCUT2D eigenvalue weighted by molar-refractivity contribution is -0.0126. The number of benzene rings is 1. The van der Waals surface area contributed by atoms with Gasteiger partial charge >= 0.3 is 0 Å². The first-order chi connectivity index (χ1) is 10.1. The Balaban J connectivity index is 1.78. The van der Waals surface area contributed by atoms with Gasteiger partial charge in [0.05, 0.1) is 18.4 Å². The number of H-pyrrole nitrogens is 1. The number of carbonyl (C=O) groups is 1. The van der Waals surface area contributed by atoms with Crippen LogP contribution in [0.1, 0.15) is 17.4 Å². The van der Waals surface area contributed by atoms with Crippen LogP contribution in [-0.4, -0.2) is 46.8 Å². The van der Waals surface area contributed by atoms with Crippen LogP contribution in [0.25, 0.3) is 11.3 Å². The highest BCUT2D eigenvalue weighted by molar-refractivity contribution is 5.93. The van der Waals surface area contributed by atoms with Gasteiger partial charge in [-0.2, -0.15) is 5.10 Å². The minimum absolute atomic E-state index is 0.0437. The maximum Gasteiger partial charge on any atom is 0.272 e. The molecule has 1 fully saturated rings. The number of hydrogen-bond donors (Lipinski definition) is 1. The van der Waals surface area contributed by atoms with E-state index in [9.17, 15) is 9.18 Å². The molecule has 1 N–H and O–H groups in total. The van der Waals surface area contributed by atoms with Crippen molar-refractivity contribution in [2.24, 2.45) is 0 Å². The van der Waals surface area contributed by atoms with Gasteiger partial charge in [-0.1, -0.05) is 0 Å². The largest absolute Gasteiger partial charge is 0.375 e. The summed E-state index contributed by atoms with van der Waals surface area (Å²) < 4.78 is 18.3. The minimum atomic E-state index is -0.298. The number of halogens is 1. The van der Waals surface area contributed by atoms with Crippen LogP contribution in [0.4, 0.5) is 4.39 Å². The molecule has 1 aliphatic rings. The quantitative estimate of drug-likeness (QED) is 0.921. The number of rotatable bonds is 2. The van der Waals surface area contributed by atoms with Crippen LogP contribution in [0.2, 0.25) is 0 Å². The molecule has 21 heavy (non-hydrogen) atoms. The fourth-order valence-electron chi connectivity index (χ4n) is 2.37. The third-order valence-electron chi connectivity index (χ3n) is 3.48. The zero-order valence-electron chi connectivity index (χ0n) is 11.7. The third-order valence-corrected chi connectivity index (χ3v) is 3.48. The smallest absolute Gasteiger partial charge is 0.272 e. The number of carbonyl (C=O) groups excluding carboxylic acids is 1. The lowest BCUT2D eigenvalue weighted by Crippen LogP contribution is -2.44. The Hall–Kier alpha value is -2.21. The zero-order chi connectivity index (χ0) is 14.8. The van der Waals surface area contributed by atoms with Crippen LogP contribution >= 0.6 is 0 Å². The fraction of sp³-hybridized carbons (Fsp3) is 0.333. The highest BCUT2D eigenvalue weighted by Gasteiger charge is 2.23. The van der Waals surface area contributed by atoms with Gasteiger partial charge in [-0.25, -0.2) is 4.39 Å². The van der Waals surface area contributed by atoms with Gasteiger partial charge in [0, 0.05) is 18.7 Å². The van der Waals surface area contributed by atoms with Crippen LogP contribution in [0, 0.1) is 5.82 Å². The molecular formula is C15H16FN3O2. The number of hydrogen-bond acceptors (Lipinski definition) is 3. The lowest BCUT2D eigenvalue weighted by Gasteiger charge is -2.30. The molecule has 1 atom stereocenters. The second kappa shape index (κ2) is 5.65. The summed E-state index contributed by atoms with van der Waals surface area (Å²) in [5.41, 5.74) is 1.82. The highest BCUT2D eigenvalue weighted by Crippen LogP contribution is 2.19. The zero-order valence-corrected chi connectivity index (χ0v) is 11.7. The van der Waals surface area contributed by atoms with E-state index in [0.29, 0.717) is 31.1 Å². The van der Waals surface area contributed by atoms with Gasteiger partial charge in [-0.3, -0.25) is 9.89 Å². The van der Waals surface area contributed by atoms with Crippen molar-refractivity contribution < 1.29 is 13.9 Å². The van der Waals surface area contributed by atoms with Crippen LogP contribution in [0.5, 0.6) is 0 Å². The van der Waals surface area contributed by atoms with E-state index in [-0.39, 0.29) is 17.8 Å². The molecule has 1 saturated heterocycles. The number of aromatic amines is 1. The maximum absolute atomic E-state index is 12.9. The number of morpholine rings is 1. The summed E-state index contributed by atoms with van der Waals surface area (Å²) in [5, 5.41) is 6.88. The summed E-state index contributed by atoms with van der Waals surface area (Å²) in [6, 6.07) is 7.70. The Bertz CT molecular complexity index is 639. The Morgan fingerprint density at radius 1 is 1.43 bits per heavy atom. The Kier molecular flexibility index (Phi) is 3.70. The normalized spacial score (nSPS) is 18.8. The van der Waals surface area contributed by atoms with Gasteiger partial charge in [0.25, 0.3) is 5.91 Å². The van der Waals surface area contributed by atoms with Crippen molar-refractivity contribution in [1.29, 1.82) is 0 Å². The molecule has 0 unspecified atom stereocenters. The second-order valence-corrected chi connectivity index (χ2v) is 5.11. The predicted molar refractivity (Wildman–Crippen MR) is 75.3 cm³/mol. The van der Waals surface area contributed by atoms with Crippen LogP contribution in [-0.2, 0) is 4.74 Å². The molecular weight excluding hydrogens is 273 g/mol. The average Bonchev–Trinajstić information content (AvgIpc) is 2.97. The van der Waals surface area contributed by atoms with E-state index in [0.717, 1.165) is 5.56 Å². The van der Waals surface area contributed by atoms with Crippen LogP contribution in [0.15, 0.2) is 30.3 Å². The van der Waals surface area contributed by atoms with Crippen molar-refractivity contribution in [3.63, 3.8) is 0 Å². The van der Waals surface area contributed by atoms with Gasteiger partial charge in [0.1, 0.15) is 11.5 Å². The molecule has 0 radical (unpaired) electrons. The third kappa shape index (κ3) is 2.95. The van der Waals surface area contributed by atoms with Crippen LogP contribution < -0.4 is 0 Å². The summed E-state index contributed by atoms with van der Waals surface area (Å²) in [6.45, 7) is 3.64. The molecule has 1 amide bonds. The summed E-state index contributed by atoms with van der Waals surface area (Å²) >= 11 is 0. The molecule has 1 aromatic carbocycles. The second-order valence-electron chi connectivity index (χ2n) is 5.11. The molecule has 1 aromatic heterocycles. The van der Waals surface area contributed by atoms with Crippen molar-refractivity contribution in [2.45, 2.75) is 13.0 Å². The number of aromatic nitrogens is 2. The Labute approximate surface area is 121 Å². The Morgan fingerprint density at radius 3 is 2.90 bits per heavy atom. The molecule has 6 heteroatoms. The molecule has 3 rings (SSSR count). The molecule has 5 nitrogen and oxygen atoms in total. The van der Waals surface area contributed by atoms with E-state index in [1.54, 1.807) is 23.1 Å². The minimum Gasteiger partial charge on any atom is -0.375 e. The molecule has 0 bridgehead atoms. The van der Waals surface area contributed by atoms with Crippen LogP contribution in [0.3, 0.4) is 0 Å². The fourth-order valence-corrected chi connectivity index (χ4v) is 2.37. The van der Waals surface area contributed by atoms with E-state index in [4.69, 9.17) is 4.74 Å². The molecule has 1 aliphatic heterocycles. The summed E-state index contributed by atoms with van der Waals surface area (Å²) in [6.07, 6.45) is 0.0437. The summed E-state index contributed by atoms with van der Waals surface area (Å²) in [7, 11) is 0. The van der Waals surface area contributed by atoms with Gasteiger partial charge in [0.15, 0.2) is 0 Å². The monoisotopic (exact) mass is 289 g/mol. The average molecular weight is 289 g/mol. The van der Waals surface area contributed by atoms with Crippen molar-refractivity contribution >= 4 is 5.91 Å². The lowest BCUT2D eigenvalue weighted by atomic mass is 10.1. The van der Waals surface area contributed by atoms with E-state index in [1.807, 2.05) is 6.92 Å². The predicted octanol–water partition coefficient (Wildman–Crippen LogP) is 2.08. The van der Waals surface area contributed by atoms with Crippen molar-refractivity contribution in [1.82, 2.24) is 15.1 Å². The number of ether oxygens (including phenoxy) is 1. The molecule has 2 aromatic rings. The molecule has 2 heterocycles. The standard InChI is InChI=1S/C15H16FN3O2/c1-10-9-19(6-7-21-10)15(20)14-8-13(17-18-14)11-2-4-12(16)5-3-11/h2-5,8,10H,6-7,9H2,1H3,(H,17,18)/t10-/m1/s1.